The molecule has 0 aromatic rings. The average Bonchev–Trinajstić information content (AvgIpc) is 2.31. The lowest BCUT2D eigenvalue weighted by Crippen LogP contribution is -2.43. The minimum absolute atomic E-state index is 0.202. The summed E-state index contributed by atoms with van der Waals surface area (Å²) in [6.07, 6.45) is 6.35. The normalized spacial score (nSPS) is 19.2. The molecule has 5 heteroatoms. The van der Waals surface area contributed by atoms with Crippen molar-refractivity contribution in [3.05, 3.63) is 0 Å². The Bertz CT molecular complexity index is 284. The number of nitrogens with two attached hydrogens (primary N) is 1. The lowest BCUT2D eigenvalue weighted by atomic mass is 9.95. The lowest BCUT2D eigenvalue weighted by Gasteiger charge is -2.33. The van der Waals surface area contributed by atoms with Crippen molar-refractivity contribution in [2.45, 2.75) is 51.5 Å². The Kier molecular flexibility index (Phi) is 5.72. The van der Waals surface area contributed by atoms with Crippen LogP contribution in [0.5, 0.6) is 0 Å². The fourth-order valence-corrected chi connectivity index (χ4v) is 3.73. The molecule has 1 fully saturated rings. The Morgan fingerprint density at radius 3 is 2.38 bits per heavy atom. The van der Waals surface area contributed by atoms with E-state index in [2.05, 4.69) is 0 Å². The Hall–Kier alpha value is -0.130. The van der Waals surface area contributed by atoms with E-state index in [1.807, 2.05) is 0 Å². The topological polar surface area (TPSA) is 63.4 Å². The minimum Gasteiger partial charge on any atom is -0.330 e. The molecule has 0 aromatic carbocycles. The van der Waals surface area contributed by atoms with E-state index in [1.54, 1.807) is 11.2 Å². The zero-order valence-electron chi connectivity index (χ0n) is 10.2. The third kappa shape index (κ3) is 3.71. The first-order valence-corrected chi connectivity index (χ1v) is 7.92. The SMILES string of the molecule is CCS(=O)(=O)N(CCCN)C1CCCCC1. The molecule has 0 saturated heterocycles. The van der Waals surface area contributed by atoms with Gasteiger partial charge in [0.15, 0.2) is 0 Å². The molecule has 16 heavy (non-hydrogen) atoms. The van der Waals surface area contributed by atoms with E-state index in [0.29, 0.717) is 13.1 Å². The molecule has 0 spiro atoms. The minimum atomic E-state index is -3.05. The number of nitrogens with zero attached hydrogens (tertiary/aromatic N) is 1. The fourth-order valence-electron chi connectivity index (χ4n) is 2.33. The third-order valence-electron chi connectivity index (χ3n) is 3.29. The first-order valence-electron chi connectivity index (χ1n) is 6.31. The van der Waals surface area contributed by atoms with Crippen molar-refractivity contribution in [2.75, 3.05) is 18.8 Å². The summed E-state index contributed by atoms with van der Waals surface area (Å²) in [4.78, 5) is 0. The second-order valence-corrected chi connectivity index (χ2v) is 6.66. The molecule has 0 unspecified atom stereocenters. The van der Waals surface area contributed by atoms with Crippen LogP contribution in [0.1, 0.15) is 45.4 Å². The molecule has 0 atom stereocenters. The first kappa shape index (κ1) is 13.9. The van der Waals surface area contributed by atoms with E-state index in [9.17, 15) is 8.42 Å². The maximum Gasteiger partial charge on any atom is 0.214 e. The summed E-state index contributed by atoms with van der Waals surface area (Å²) < 4.78 is 25.7. The van der Waals surface area contributed by atoms with Crippen molar-refractivity contribution in [1.29, 1.82) is 0 Å². The summed E-state index contributed by atoms with van der Waals surface area (Å²) in [7, 11) is -3.05. The van der Waals surface area contributed by atoms with Gasteiger partial charge >= 0.3 is 0 Å². The molecule has 0 aromatic heterocycles. The van der Waals surface area contributed by atoms with Gasteiger partial charge in [0, 0.05) is 12.6 Å². The molecule has 0 amide bonds. The van der Waals surface area contributed by atoms with Crippen LogP contribution in [0.4, 0.5) is 0 Å². The quantitative estimate of drug-likeness (QED) is 0.771. The van der Waals surface area contributed by atoms with Crippen molar-refractivity contribution in [2.24, 2.45) is 5.73 Å². The standard InChI is InChI=1S/C11H24N2O2S/c1-2-16(14,15)13(10-6-9-12)11-7-4-3-5-8-11/h11H,2-10,12H2,1H3. The van der Waals surface area contributed by atoms with Crippen LogP contribution in [0.15, 0.2) is 0 Å². The first-order chi connectivity index (χ1) is 7.61. The van der Waals surface area contributed by atoms with Gasteiger partial charge in [-0.1, -0.05) is 19.3 Å². The summed E-state index contributed by atoms with van der Waals surface area (Å²) in [6, 6.07) is 0.227. The number of sulfonamides is 1. The Labute approximate surface area is 99.2 Å². The maximum absolute atomic E-state index is 12.0. The zero-order valence-corrected chi connectivity index (χ0v) is 11.0. The number of rotatable bonds is 6. The maximum atomic E-state index is 12.0. The summed E-state index contributed by atoms with van der Waals surface area (Å²) in [6.45, 7) is 2.87. The van der Waals surface area contributed by atoms with Gasteiger partial charge in [-0.15, -0.1) is 0 Å². The smallest absolute Gasteiger partial charge is 0.214 e. The molecule has 0 radical (unpaired) electrons. The van der Waals surface area contributed by atoms with Crippen LogP contribution < -0.4 is 5.73 Å². The van der Waals surface area contributed by atoms with Gasteiger partial charge in [0.05, 0.1) is 5.75 Å². The molecular weight excluding hydrogens is 224 g/mol. The van der Waals surface area contributed by atoms with Crippen LogP contribution in [0, 0.1) is 0 Å². The molecule has 1 aliphatic rings. The average molecular weight is 248 g/mol. The van der Waals surface area contributed by atoms with Crippen molar-refractivity contribution < 1.29 is 8.42 Å². The number of hydrogen-bond acceptors (Lipinski definition) is 3. The molecule has 1 rings (SSSR count). The van der Waals surface area contributed by atoms with E-state index >= 15 is 0 Å². The number of hydrogen-bond donors (Lipinski definition) is 1. The highest BCUT2D eigenvalue weighted by molar-refractivity contribution is 7.89. The van der Waals surface area contributed by atoms with E-state index in [1.165, 1.54) is 6.42 Å². The van der Waals surface area contributed by atoms with Gasteiger partial charge in [-0.3, -0.25) is 0 Å². The highest BCUT2D eigenvalue weighted by atomic mass is 32.2. The van der Waals surface area contributed by atoms with Crippen molar-refractivity contribution >= 4 is 10.0 Å². The van der Waals surface area contributed by atoms with Crippen LogP contribution in [0.25, 0.3) is 0 Å². The van der Waals surface area contributed by atoms with Crippen molar-refractivity contribution in [3.63, 3.8) is 0 Å². The Morgan fingerprint density at radius 2 is 1.88 bits per heavy atom. The van der Waals surface area contributed by atoms with Crippen LogP contribution in [0.3, 0.4) is 0 Å². The van der Waals surface area contributed by atoms with Crippen molar-refractivity contribution in [1.82, 2.24) is 4.31 Å². The molecule has 0 bridgehead atoms. The van der Waals surface area contributed by atoms with E-state index in [-0.39, 0.29) is 11.8 Å². The highest BCUT2D eigenvalue weighted by Gasteiger charge is 2.28. The van der Waals surface area contributed by atoms with Gasteiger partial charge in [-0.2, -0.15) is 4.31 Å². The van der Waals surface area contributed by atoms with Crippen LogP contribution in [0.2, 0.25) is 0 Å². The van der Waals surface area contributed by atoms with E-state index < -0.39 is 10.0 Å². The molecule has 0 heterocycles. The molecule has 0 aliphatic heterocycles. The monoisotopic (exact) mass is 248 g/mol. The molecule has 2 N–H and O–H groups in total. The summed E-state index contributed by atoms with van der Waals surface area (Å²) in [5, 5.41) is 0. The highest BCUT2D eigenvalue weighted by Crippen LogP contribution is 2.24. The molecule has 1 saturated carbocycles. The summed E-state index contributed by atoms with van der Waals surface area (Å²) >= 11 is 0. The second-order valence-electron chi connectivity index (χ2n) is 4.45. The second kappa shape index (κ2) is 6.57. The van der Waals surface area contributed by atoms with Gasteiger partial charge in [0.25, 0.3) is 0 Å². The van der Waals surface area contributed by atoms with Crippen LogP contribution in [-0.4, -0.2) is 37.6 Å². The van der Waals surface area contributed by atoms with Crippen molar-refractivity contribution in [3.8, 4) is 0 Å². The molecule has 4 nitrogen and oxygen atoms in total. The van der Waals surface area contributed by atoms with Gasteiger partial charge in [-0.25, -0.2) is 8.42 Å². The predicted octanol–water partition coefficient (Wildman–Crippen LogP) is 1.32. The molecular formula is C11H24N2O2S. The van der Waals surface area contributed by atoms with E-state index in [4.69, 9.17) is 5.73 Å². The third-order valence-corrected chi connectivity index (χ3v) is 5.21. The van der Waals surface area contributed by atoms with Crippen LogP contribution >= 0.6 is 0 Å². The summed E-state index contributed by atoms with van der Waals surface area (Å²) in [5.41, 5.74) is 5.47. The van der Waals surface area contributed by atoms with E-state index in [0.717, 1.165) is 32.1 Å². The lowest BCUT2D eigenvalue weighted by molar-refractivity contribution is 0.252. The van der Waals surface area contributed by atoms with Gasteiger partial charge in [0.2, 0.25) is 10.0 Å². The Balaban J connectivity index is 2.69. The van der Waals surface area contributed by atoms with Gasteiger partial charge in [0.1, 0.15) is 0 Å². The largest absolute Gasteiger partial charge is 0.330 e. The fraction of sp³-hybridized carbons (Fsp3) is 1.00. The Morgan fingerprint density at radius 1 is 1.25 bits per heavy atom. The summed E-state index contributed by atoms with van der Waals surface area (Å²) in [5.74, 6) is 0.202. The molecule has 1 aliphatic carbocycles. The molecule has 96 valence electrons. The van der Waals surface area contributed by atoms with Gasteiger partial charge < -0.3 is 5.73 Å². The zero-order chi connectivity index (χ0) is 12.0. The van der Waals surface area contributed by atoms with Crippen LogP contribution in [-0.2, 0) is 10.0 Å². The predicted molar refractivity (Wildman–Crippen MR) is 66.7 cm³/mol. The van der Waals surface area contributed by atoms with Gasteiger partial charge in [-0.05, 0) is 32.7 Å².